The highest BCUT2D eigenvalue weighted by molar-refractivity contribution is 14.1. The van der Waals surface area contributed by atoms with Crippen LogP contribution >= 0.6 is 33.9 Å². The summed E-state index contributed by atoms with van der Waals surface area (Å²) >= 11 is 3.37. The maximum Gasteiger partial charge on any atom is 0.343 e. The quantitative estimate of drug-likeness (QED) is 0.169. The molecule has 224 valence electrons. The molecule has 0 amide bonds. The molecule has 0 unspecified atom stereocenters. The fourth-order valence-corrected chi connectivity index (χ4v) is 6.12. The van der Waals surface area contributed by atoms with E-state index in [1.807, 2.05) is 19.1 Å². The first-order chi connectivity index (χ1) is 20.7. The molecular formula is C31H29IN2O8S. The van der Waals surface area contributed by atoms with Crippen molar-refractivity contribution < 1.29 is 33.3 Å². The van der Waals surface area contributed by atoms with Gasteiger partial charge < -0.3 is 23.7 Å². The Balaban J connectivity index is 1.86. The van der Waals surface area contributed by atoms with Gasteiger partial charge in [0.1, 0.15) is 12.4 Å². The summed E-state index contributed by atoms with van der Waals surface area (Å²) in [6.45, 7) is 5.54. The number of hydrogen-bond donors (Lipinski definition) is 0. The number of allylic oxidation sites excluding steroid dienone is 1. The Hall–Kier alpha value is -4.09. The van der Waals surface area contributed by atoms with Gasteiger partial charge in [-0.3, -0.25) is 9.36 Å². The van der Waals surface area contributed by atoms with Crippen molar-refractivity contribution in [2.24, 2.45) is 4.99 Å². The molecule has 1 aliphatic rings. The number of methoxy groups -OCH3 is 1. The molecule has 12 heteroatoms. The molecular weight excluding hydrogens is 687 g/mol. The molecule has 3 aromatic rings. The van der Waals surface area contributed by atoms with Crippen LogP contribution < -0.4 is 29.1 Å². The van der Waals surface area contributed by atoms with E-state index < -0.39 is 18.0 Å². The maximum atomic E-state index is 14.0. The molecule has 0 aliphatic carbocycles. The zero-order valence-electron chi connectivity index (χ0n) is 24.0. The van der Waals surface area contributed by atoms with Crippen LogP contribution in [0.1, 0.15) is 37.9 Å². The van der Waals surface area contributed by atoms with Crippen LogP contribution in [0.5, 0.6) is 17.2 Å². The highest BCUT2D eigenvalue weighted by Gasteiger charge is 2.34. The van der Waals surface area contributed by atoms with Crippen molar-refractivity contribution in [3.63, 3.8) is 0 Å². The van der Waals surface area contributed by atoms with Crippen LogP contribution in [-0.2, 0) is 19.1 Å². The Morgan fingerprint density at radius 1 is 1.09 bits per heavy atom. The number of rotatable bonds is 11. The summed E-state index contributed by atoms with van der Waals surface area (Å²) in [6, 6.07) is 9.69. The number of fused-ring (bicyclic) bond motifs is 1. The zero-order valence-corrected chi connectivity index (χ0v) is 26.9. The number of terminal acetylenes is 1. The third-order valence-corrected chi connectivity index (χ3v) is 8.06. The third-order valence-electron chi connectivity index (χ3n) is 6.24. The number of hydrogen-bond acceptors (Lipinski definition) is 10. The number of benzene rings is 2. The minimum atomic E-state index is -0.856. The smallest absolute Gasteiger partial charge is 0.343 e. The summed E-state index contributed by atoms with van der Waals surface area (Å²) in [5.41, 5.74) is 1.70. The number of carbonyl (C=O) groups is 2. The lowest BCUT2D eigenvalue weighted by atomic mass is 9.95. The van der Waals surface area contributed by atoms with Crippen molar-refractivity contribution in [1.82, 2.24) is 4.57 Å². The van der Waals surface area contributed by atoms with Gasteiger partial charge in [0, 0.05) is 0 Å². The molecule has 0 saturated heterocycles. The summed E-state index contributed by atoms with van der Waals surface area (Å²) < 4.78 is 29.8. The van der Waals surface area contributed by atoms with E-state index in [2.05, 4.69) is 38.2 Å². The molecule has 0 fully saturated rings. The first-order valence-electron chi connectivity index (χ1n) is 13.2. The van der Waals surface area contributed by atoms with Gasteiger partial charge in [0.2, 0.25) is 0 Å². The van der Waals surface area contributed by atoms with Crippen molar-refractivity contribution >= 4 is 51.9 Å². The molecule has 0 radical (unpaired) electrons. The number of nitrogens with zero attached hydrogens (tertiary/aromatic N) is 2. The Bertz CT molecular complexity index is 1800. The van der Waals surface area contributed by atoms with Crippen molar-refractivity contribution in [3.8, 4) is 29.6 Å². The highest BCUT2D eigenvalue weighted by Crippen LogP contribution is 2.36. The van der Waals surface area contributed by atoms with Gasteiger partial charge in [0.15, 0.2) is 22.9 Å². The van der Waals surface area contributed by atoms with E-state index in [1.165, 1.54) is 23.0 Å². The molecule has 0 spiro atoms. The predicted molar refractivity (Wildman–Crippen MR) is 169 cm³/mol. The first-order valence-corrected chi connectivity index (χ1v) is 15.1. The molecule has 2 heterocycles. The molecule has 0 saturated carbocycles. The lowest BCUT2D eigenvalue weighted by Crippen LogP contribution is -2.40. The minimum Gasteiger partial charge on any atom is -0.490 e. The first kappa shape index (κ1) is 31.8. The molecule has 0 N–H and O–H groups in total. The standard InChI is InChI=1S/C31H29IN2O8S/c1-6-13-41-22-11-9-19(14-21(22)32)15-25-29(36)34-28(27(30(37)40-8-3)18(4)33-31(34)43-25)20-10-12-23(24(16-20)39-7-2)42-17-26(35)38-5/h1,9-12,14-16,28H,7-8,13,17H2,2-5H3/b25-15-/t28-/m0/s1. The van der Waals surface area contributed by atoms with Crippen LogP contribution in [0.15, 0.2) is 57.5 Å². The molecule has 0 bridgehead atoms. The Labute approximate surface area is 265 Å². The van der Waals surface area contributed by atoms with Gasteiger partial charge in [-0.1, -0.05) is 29.4 Å². The number of aromatic nitrogens is 1. The van der Waals surface area contributed by atoms with E-state index in [1.54, 1.807) is 44.2 Å². The molecule has 2 aromatic carbocycles. The van der Waals surface area contributed by atoms with E-state index in [4.69, 9.17) is 25.4 Å². The fourth-order valence-electron chi connectivity index (χ4n) is 4.38. The number of halogens is 1. The van der Waals surface area contributed by atoms with Gasteiger partial charge in [-0.2, -0.15) is 0 Å². The Morgan fingerprint density at radius 3 is 2.53 bits per heavy atom. The van der Waals surface area contributed by atoms with Gasteiger partial charge in [0.05, 0.1) is 45.7 Å². The van der Waals surface area contributed by atoms with Crippen molar-refractivity contribution in [3.05, 3.63) is 82.1 Å². The van der Waals surface area contributed by atoms with Crippen LogP contribution in [-0.4, -0.2) is 50.0 Å². The van der Waals surface area contributed by atoms with E-state index >= 15 is 0 Å². The molecule has 10 nitrogen and oxygen atoms in total. The van der Waals surface area contributed by atoms with Crippen LogP contribution in [0.4, 0.5) is 0 Å². The van der Waals surface area contributed by atoms with Crippen molar-refractivity contribution in [2.75, 3.05) is 33.5 Å². The van der Waals surface area contributed by atoms with Crippen LogP contribution in [0.25, 0.3) is 6.08 Å². The minimum absolute atomic E-state index is 0.150. The topological polar surface area (TPSA) is 115 Å². The summed E-state index contributed by atoms with van der Waals surface area (Å²) in [5, 5.41) is 0. The molecule has 1 aromatic heterocycles. The Morgan fingerprint density at radius 2 is 1.86 bits per heavy atom. The largest absolute Gasteiger partial charge is 0.490 e. The summed E-state index contributed by atoms with van der Waals surface area (Å²) in [4.78, 5) is 43.9. The maximum absolute atomic E-state index is 14.0. The molecule has 43 heavy (non-hydrogen) atoms. The van der Waals surface area contributed by atoms with Gasteiger partial charge in [-0.15, -0.1) is 6.42 Å². The average molecular weight is 717 g/mol. The molecule has 4 rings (SSSR count). The highest BCUT2D eigenvalue weighted by atomic mass is 127. The fraction of sp³-hybridized carbons (Fsp3) is 0.290. The predicted octanol–water partition coefficient (Wildman–Crippen LogP) is 3.37. The number of esters is 2. The van der Waals surface area contributed by atoms with Crippen LogP contribution in [0, 0.1) is 15.9 Å². The second kappa shape index (κ2) is 14.4. The number of ether oxygens (including phenoxy) is 5. The van der Waals surface area contributed by atoms with E-state index in [-0.39, 0.29) is 31.0 Å². The van der Waals surface area contributed by atoms with Gasteiger partial charge in [0.25, 0.3) is 5.56 Å². The van der Waals surface area contributed by atoms with Gasteiger partial charge >= 0.3 is 11.9 Å². The normalized spacial score (nSPS) is 14.3. The summed E-state index contributed by atoms with van der Waals surface area (Å²) in [5.74, 6) is 2.61. The average Bonchev–Trinajstić information content (AvgIpc) is 3.29. The summed E-state index contributed by atoms with van der Waals surface area (Å²) in [7, 11) is 1.27. The van der Waals surface area contributed by atoms with E-state index in [0.29, 0.717) is 44.4 Å². The SMILES string of the molecule is C#CCOc1ccc(/C=c2\sc3n(c2=O)[C@@H](c2ccc(OCC(=O)OC)c(OCC)c2)C(C(=O)OCC)=C(C)N=3)cc1I. The monoisotopic (exact) mass is 716 g/mol. The second-order valence-corrected chi connectivity index (χ2v) is 11.2. The van der Waals surface area contributed by atoms with Gasteiger partial charge in [-0.25, -0.2) is 14.6 Å². The lowest BCUT2D eigenvalue weighted by Gasteiger charge is -2.25. The zero-order chi connectivity index (χ0) is 31.1. The number of carbonyl (C=O) groups excluding carboxylic acids is 2. The van der Waals surface area contributed by atoms with Crippen molar-refractivity contribution in [2.45, 2.75) is 26.8 Å². The second-order valence-electron chi connectivity index (χ2n) is 8.99. The summed E-state index contributed by atoms with van der Waals surface area (Å²) in [6.07, 6.45) is 7.07. The molecule has 1 atom stereocenters. The van der Waals surface area contributed by atoms with Crippen LogP contribution in [0.2, 0.25) is 0 Å². The van der Waals surface area contributed by atoms with Crippen LogP contribution in [0.3, 0.4) is 0 Å². The Kier molecular flexibility index (Phi) is 10.7. The van der Waals surface area contributed by atoms with Gasteiger partial charge in [-0.05, 0) is 84.8 Å². The van der Waals surface area contributed by atoms with Crippen molar-refractivity contribution in [1.29, 1.82) is 0 Å². The lowest BCUT2D eigenvalue weighted by molar-refractivity contribution is -0.143. The molecule has 1 aliphatic heterocycles. The number of thiazole rings is 1. The third kappa shape index (κ3) is 7.11. The van der Waals surface area contributed by atoms with E-state index in [9.17, 15) is 14.4 Å². The van der Waals surface area contributed by atoms with E-state index in [0.717, 1.165) is 9.13 Å².